The van der Waals surface area contributed by atoms with Crippen LogP contribution in [0.5, 0.6) is 0 Å². The second-order valence-corrected chi connectivity index (χ2v) is 5.98. The summed E-state index contributed by atoms with van der Waals surface area (Å²) in [5, 5.41) is 12.3. The van der Waals surface area contributed by atoms with Gasteiger partial charge < -0.3 is 9.73 Å². The fourth-order valence-corrected chi connectivity index (χ4v) is 2.91. The zero-order chi connectivity index (χ0) is 14.5. The van der Waals surface area contributed by atoms with Gasteiger partial charge in [-0.3, -0.25) is 9.89 Å². The van der Waals surface area contributed by atoms with Crippen molar-refractivity contribution in [1.29, 1.82) is 0 Å². The van der Waals surface area contributed by atoms with Crippen LogP contribution in [0.3, 0.4) is 0 Å². The number of carbonyl (C=O) groups is 1. The highest BCUT2D eigenvalue weighted by atomic mass is 32.2. The summed E-state index contributed by atoms with van der Waals surface area (Å²) in [4.78, 5) is 17.1. The second kappa shape index (κ2) is 6.59. The monoisotopic (exact) mass is 320 g/mol. The minimum atomic E-state index is -0.0844. The van der Waals surface area contributed by atoms with Crippen molar-refractivity contribution in [1.82, 2.24) is 20.5 Å². The topological polar surface area (TPSA) is 83.8 Å². The number of H-pyrrole nitrogens is 1. The maximum Gasteiger partial charge on any atom is 0.230 e. The molecule has 0 saturated heterocycles. The van der Waals surface area contributed by atoms with E-state index in [2.05, 4.69) is 20.5 Å². The van der Waals surface area contributed by atoms with Crippen LogP contribution in [0.4, 0.5) is 0 Å². The van der Waals surface area contributed by atoms with E-state index < -0.39 is 0 Å². The number of rotatable bonds is 6. The number of nitrogens with one attached hydrogen (secondary N) is 2. The van der Waals surface area contributed by atoms with E-state index in [0.717, 1.165) is 16.5 Å². The maximum absolute atomic E-state index is 11.7. The Hall–Kier alpha value is -2.06. The van der Waals surface area contributed by atoms with Gasteiger partial charge in [0, 0.05) is 0 Å². The molecule has 2 N–H and O–H groups in total. The molecule has 108 valence electrons. The van der Waals surface area contributed by atoms with Crippen molar-refractivity contribution < 1.29 is 9.21 Å². The molecule has 0 aliphatic rings. The molecule has 21 heavy (non-hydrogen) atoms. The Morgan fingerprint density at radius 1 is 1.43 bits per heavy atom. The summed E-state index contributed by atoms with van der Waals surface area (Å²) in [6.07, 6.45) is 1.58. The van der Waals surface area contributed by atoms with Crippen LogP contribution in [0.25, 0.3) is 10.7 Å². The third kappa shape index (κ3) is 3.73. The van der Waals surface area contributed by atoms with Gasteiger partial charge in [0.1, 0.15) is 5.76 Å². The Balaban J connectivity index is 1.47. The van der Waals surface area contributed by atoms with Crippen molar-refractivity contribution in [2.45, 2.75) is 11.7 Å². The van der Waals surface area contributed by atoms with Crippen LogP contribution in [0.1, 0.15) is 5.76 Å². The van der Waals surface area contributed by atoms with E-state index in [9.17, 15) is 4.79 Å². The van der Waals surface area contributed by atoms with E-state index in [4.69, 9.17) is 4.42 Å². The summed E-state index contributed by atoms with van der Waals surface area (Å²) in [5.41, 5.74) is 0. The summed E-state index contributed by atoms with van der Waals surface area (Å²) in [6, 6.07) is 7.53. The molecular formula is C13H12N4O2S2. The van der Waals surface area contributed by atoms with E-state index in [1.54, 1.807) is 23.7 Å². The molecule has 0 spiro atoms. The van der Waals surface area contributed by atoms with Crippen LogP contribution in [-0.2, 0) is 11.3 Å². The molecule has 3 heterocycles. The normalized spacial score (nSPS) is 10.7. The Morgan fingerprint density at radius 2 is 2.38 bits per heavy atom. The maximum atomic E-state index is 11.7. The van der Waals surface area contributed by atoms with Gasteiger partial charge in [0.15, 0.2) is 5.82 Å². The first-order valence-corrected chi connectivity index (χ1v) is 8.06. The molecule has 0 fully saturated rings. The number of aromatic nitrogens is 3. The highest BCUT2D eigenvalue weighted by molar-refractivity contribution is 7.99. The molecule has 0 atom stereocenters. The molecule has 0 aliphatic heterocycles. The molecule has 0 bridgehead atoms. The number of hydrogen-bond acceptors (Lipinski definition) is 6. The molecule has 0 radical (unpaired) electrons. The lowest BCUT2D eigenvalue weighted by Gasteiger charge is -2.01. The number of thioether (sulfide) groups is 1. The highest BCUT2D eigenvalue weighted by Gasteiger charge is 2.09. The lowest BCUT2D eigenvalue weighted by molar-refractivity contribution is -0.118. The van der Waals surface area contributed by atoms with Gasteiger partial charge in [0.25, 0.3) is 0 Å². The molecule has 0 saturated carbocycles. The molecule has 0 aromatic carbocycles. The van der Waals surface area contributed by atoms with Gasteiger partial charge in [-0.1, -0.05) is 17.8 Å². The van der Waals surface area contributed by atoms with Crippen LogP contribution in [-0.4, -0.2) is 26.8 Å². The van der Waals surface area contributed by atoms with Gasteiger partial charge in [-0.15, -0.1) is 16.4 Å². The van der Waals surface area contributed by atoms with Crippen LogP contribution in [0.15, 0.2) is 45.5 Å². The zero-order valence-corrected chi connectivity index (χ0v) is 12.5. The Morgan fingerprint density at radius 3 is 3.14 bits per heavy atom. The molecule has 8 heteroatoms. The van der Waals surface area contributed by atoms with Gasteiger partial charge in [-0.2, -0.15) is 0 Å². The molecule has 6 nitrogen and oxygen atoms in total. The zero-order valence-electron chi connectivity index (χ0n) is 10.9. The minimum absolute atomic E-state index is 0.0844. The van der Waals surface area contributed by atoms with E-state index in [1.807, 2.05) is 23.6 Å². The van der Waals surface area contributed by atoms with Crippen LogP contribution in [0, 0.1) is 0 Å². The van der Waals surface area contributed by atoms with Crippen molar-refractivity contribution in [2.24, 2.45) is 0 Å². The lowest BCUT2D eigenvalue weighted by atomic mass is 10.4. The predicted molar refractivity (Wildman–Crippen MR) is 81.0 cm³/mol. The first kappa shape index (κ1) is 13.9. The van der Waals surface area contributed by atoms with Crippen LogP contribution in [0.2, 0.25) is 0 Å². The number of hydrogen-bond donors (Lipinski definition) is 2. The number of furan rings is 1. The van der Waals surface area contributed by atoms with Crippen LogP contribution >= 0.6 is 23.1 Å². The molecule has 0 aliphatic carbocycles. The van der Waals surface area contributed by atoms with Crippen molar-refractivity contribution in [2.75, 3.05) is 5.75 Å². The van der Waals surface area contributed by atoms with Gasteiger partial charge in [0.05, 0.1) is 23.4 Å². The number of aromatic amines is 1. The van der Waals surface area contributed by atoms with Crippen molar-refractivity contribution in [3.05, 3.63) is 41.7 Å². The minimum Gasteiger partial charge on any atom is -0.467 e. The molecule has 0 unspecified atom stereocenters. The largest absolute Gasteiger partial charge is 0.467 e. The Bertz CT molecular complexity index is 692. The summed E-state index contributed by atoms with van der Waals surface area (Å²) in [7, 11) is 0. The van der Waals surface area contributed by atoms with E-state index in [0.29, 0.717) is 11.7 Å². The number of nitrogens with zero attached hydrogens (tertiary/aromatic N) is 2. The van der Waals surface area contributed by atoms with E-state index in [1.165, 1.54) is 11.8 Å². The van der Waals surface area contributed by atoms with Crippen LogP contribution < -0.4 is 5.32 Å². The molecular weight excluding hydrogens is 308 g/mol. The van der Waals surface area contributed by atoms with Gasteiger partial charge in [0.2, 0.25) is 11.1 Å². The Kier molecular flexibility index (Phi) is 4.37. The number of thiophene rings is 1. The van der Waals surface area contributed by atoms with E-state index in [-0.39, 0.29) is 11.7 Å². The second-order valence-electron chi connectivity index (χ2n) is 4.09. The molecule has 1 amide bonds. The molecule has 3 aromatic rings. The average Bonchev–Trinajstić information content (AvgIpc) is 3.24. The van der Waals surface area contributed by atoms with Crippen molar-refractivity contribution in [3.8, 4) is 10.7 Å². The Labute approximate surface area is 129 Å². The quantitative estimate of drug-likeness (QED) is 0.682. The molecule has 3 aromatic heterocycles. The first-order valence-electron chi connectivity index (χ1n) is 6.19. The van der Waals surface area contributed by atoms with Gasteiger partial charge >= 0.3 is 0 Å². The summed E-state index contributed by atoms with van der Waals surface area (Å²) < 4.78 is 5.14. The smallest absolute Gasteiger partial charge is 0.230 e. The lowest BCUT2D eigenvalue weighted by Crippen LogP contribution is -2.24. The first-order chi connectivity index (χ1) is 10.3. The molecule has 3 rings (SSSR count). The third-order valence-corrected chi connectivity index (χ3v) is 4.32. The third-order valence-electron chi connectivity index (χ3n) is 2.59. The summed E-state index contributed by atoms with van der Waals surface area (Å²) >= 11 is 2.88. The van der Waals surface area contributed by atoms with Crippen molar-refractivity contribution in [3.63, 3.8) is 0 Å². The highest BCUT2D eigenvalue weighted by Crippen LogP contribution is 2.22. The SMILES string of the molecule is O=C(CSc1n[nH]c(-c2cccs2)n1)NCc1ccco1. The number of amides is 1. The van der Waals surface area contributed by atoms with Gasteiger partial charge in [-0.05, 0) is 23.6 Å². The van der Waals surface area contributed by atoms with Crippen molar-refractivity contribution >= 4 is 29.0 Å². The van der Waals surface area contributed by atoms with E-state index >= 15 is 0 Å². The predicted octanol–water partition coefficient (Wildman–Crippen LogP) is 2.53. The summed E-state index contributed by atoms with van der Waals surface area (Å²) in [6.45, 7) is 0.390. The average molecular weight is 320 g/mol. The fraction of sp³-hybridized carbons (Fsp3) is 0.154. The summed E-state index contributed by atoms with van der Waals surface area (Å²) in [5.74, 6) is 1.64. The van der Waals surface area contributed by atoms with Gasteiger partial charge in [-0.25, -0.2) is 4.98 Å². The fourth-order valence-electron chi connectivity index (χ4n) is 1.61. The standard InChI is InChI=1S/C13H12N4O2S2/c18-11(14-7-9-3-1-5-19-9)8-21-13-15-12(16-17-13)10-4-2-6-20-10/h1-6H,7-8H2,(H,14,18)(H,15,16,17). The number of carbonyl (C=O) groups excluding carboxylic acids is 1.